The number of hydrogen-bond donors (Lipinski definition) is 1. The maximum atomic E-state index is 10.8. The highest BCUT2D eigenvalue weighted by Crippen LogP contribution is 2.23. The Morgan fingerprint density at radius 2 is 2.06 bits per heavy atom. The van der Waals surface area contributed by atoms with Crippen LogP contribution >= 0.6 is 0 Å². The molecule has 2 atom stereocenters. The lowest BCUT2D eigenvalue weighted by Gasteiger charge is -2.21. The fourth-order valence-corrected chi connectivity index (χ4v) is 1.65. The largest absolute Gasteiger partial charge is 0.382 e. The van der Waals surface area contributed by atoms with Crippen LogP contribution < -0.4 is 5.32 Å². The predicted molar refractivity (Wildman–Crippen MR) is 70.4 cm³/mol. The van der Waals surface area contributed by atoms with Gasteiger partial charge in [0.05, 0.1) is 4.92 Å². The van der Waals surface area contributed by atoms with Crippen molar-refractivity contribution in [2.45, 2.75) is 40.2 Å². The molecule has 1 aromatic rings. The van der Waals surface area contributed by atoms with Gasteiger partial charge in [-0.25, -0.2) is 0 Å². The molecule has 17 heavy (non-hydrogen) atoms. The number of aryl methyl sites for hydroxylation is 1. The lowest BCUT2D eigenvalue weighted by Crippen LogP contribution is -2.23. The van der Waals surface area contributed by atoms with Crippen molar-refractivity contribution in [3.63, 3.8) is 0 Å². The van der Waals surface area contributed by atoms with Gasteiger partial charge in [0.2, 0.25) is 0 Å². The molecule has 4 heteroatoms. The maximum Gasteiger partial charge on any atom is 0.274 e. The van der Waals surface area contributed by atoms with E-state index in [4.69, 9.17) is 0 Å². The first-order chi connectivity index (χ1) is 7.95. The van der Waals surface area contributed by atoms with Gasteiger partial charge < -0.3 is 5.32 Å². The molecular formula is C13H20N2O2. The highest BCUT2D eigenvalue weighted by Gasteiger charge is 2.14. The smallest absolute Gasteiger partial charge is 0.274 e. The molecule has 2 unspecified atom stereocenters. The average molecular weight is 236 g/mol. The minimum Gasteiger partial charge on any atom is -0.382 e. The first-order valence-electron chi connectivity index (χ1n) is 5.97. The first-order valence-corrected chi connectivity index (χ1v) is 5.97. The van der Waals surface area contributed by atoms with Crippen LogP contribution in [0.3, 0.4) is 0 Å². The third-order valence-corrected chi connectivity index (χ3v) is 3.30. The van der Waals surface area contributed by atoms with Gasteiger partial charge >= 0.3 is 0 Å². The molecule has 1 rings (SSSR count). The van der Waals surface area contributed by atoms with Crippen LogP contribution in [0.15, 0.2) is 18.2 Å². The predicted octanol–water partition coefficient (Wildman–Crippen LogP) is 3.75. The van der Waals surface area contributed by atoms with Crippen LogP contribution in [0.25, 0.3) is 0 Å². The molecule has 4 nitrogen and oxygen atoms in total. The number of anilines is 1. The van der Waals surface area contributed by atoms with Crippen molar-refractivity contribution in [1.82, 2.24) is 0 Å². The monoisotopic (exact) mass is 236 g/mol. The lowest BCUT2D eigenvalue weighted by molar-refractivity contribution is -0.385. The van der Waals surface area contributed by atoms with Crippen molar-refractivity contribution in [3.8, 4) is 0 Å². The molecule has 0 saturated heterocycles. The summed E-state index contributed by atoms with van der Waals surface area (Å²) in [6.45, 7) is 8.15. The molecule has 0 bridgehead atoms. The number of hydrogen-bond acceptors (Lipinski definition) is 3. The van der Waals surface area contributed by atoms with E-state index in [0.29, 0.717) is 17.5 Å². The van der Waals surface area contributed by atoms with Crippen molar-refractivity contribution in [2.24, 2.45) is 5.92 Å². The molecule has 0 aliphatic carbocycles. The molecule has 0 heterocycles. The van der Waals surface area contributed by atoms with Gasteiger partial charge in [0.25, 0.3) is 5.69 Å². The second-order valence-electron chi connectivity index (χ2n) is 4.58. The summed E-state index contributed by atoms with van der Waals surface area (Å²) in [6.07, 6.45) is 1.09. The zero-order chi connectivity index (χ0) is 13.0. The molecule has 0 aromatic heterocycles. The van der Waals surface area contributed by atoms with Crippen LogP contribution in [0, 0.1) is 23.0 Å². The second-order valence-corrected chi connectivity index (χ2v) is 4.58. The molecule has 0 fully saturated rings. The Balaban J connectivity index is 2.86. The molecule has 0 aliphatic rings. The molecule has 1 aromatic carbocycles. The minimum atomic E-state index is -0.339. The van der Waals surface area contributed by atoms with Gasteiger partial charge in [0, 0.05) is 23.4 Å². The molecular weight excluding hydrogens is 216 g/mol. The Morgan fingerprint density at radius 3 is 2.59 bits per heavy atom. The second kappa shape index (κ2) is 5.66. The third-order valence-electron chi connectivity index (χ3n) is 3.30. The van der Waals surface area contributed by atoms with E-state index in [1.165, 1.54) is 0 Å². The van der Waals surface area contributed by atoms with E-state index in [1.54, 1.807) is 19.1 Å². The zero-order valence-corrected chi connectivity index (χ0v) is 10.9. The van der Waals surface area contributed by atoms with E-state index < -0.39 is 0 Å². The third kappa shape index (κ3) is 3.44. The van der Waals surface area contributed by atoms with Gasteiger partial charge in [-0.15, -0.1) is 0 Å². The van der Waals surface area contributed by atoms with Crippen LogP contribution in [0.2, 0.25) is 0 Å². The Kier molecular flexibility index (Phi) is 4.49. The highest BCUT2D eigenvalue weighted by atomic mass is 16.6. The van der Waals surface area contributed by atoms with Gasteiger partial charge in [-0.1, -0.05) is 26.3 Å². The van der Waals surface area contributed by atoms with Gasteiger partial charge in [-0.2, -0.15) is 0 Å². The Morgan fingerprint density at radius 1 is 1.41 bits per heavy atom. The van der Waals surface area contributed by atoms with Crippen molar-refractivity contribution in [2.75, 3.05) is 5.32 Å². The van der Waals surface area contributed by atoms with Crippen LogP contribution in [0.4, 0.5) is 11.4 Å². The molecule has 0 radical (unpaired) electrons. The SMILES string of the molecule is CCC(C)C(C)Nc1ccc(C)c([N+](=O)[O-])c1. The maximum absolute atomic E-state index is 10.8. The van der Waals surface area contributed by atoms with E-state index in [2.05, 4.69) is 26.1 Å². The quantitative estimate of drug-likeness (QED) is 0.625. The topological polar surface area (TPSA) is 55.2 Å². The Hall–Kier alpha value is -1.58. The summed E-state index contributed by atoms with van der Waals surface area (Å²) in [4.78, 5) is 10.5. The van der Waals surface area contributed by atoms with Crippen molar-refractivity contribution in [3.05, 3.63) is 33.9 Å². The van der Waals surface area contributed by atoms with Gasteiger partial charge in [0.1, 0.15) is 0 Å². The summed E-state index contributed by atoms with van der Waals surface area (Å²) in [6, 6.07) is 5.58. The van der Waals surface area contributed by atoms with E-state index in [-0.39, 0.29) is 10.6 Å². The first kappa shape index (κ1) is 13.5. The molecule has 0 amide bonds. The normalized spacial score (nSPS) is 14.1. The van der Waals surface area contributed by atoms with Crippen LogP contribution in [0.5, 0.6) is 0 Å². The zero-order valence-electron chi connectivity index (χ0n) is 10.9. The number of nitrogens with zero attached hydrogens (tertiary/aromatic N) is 1. The lowest BCUT2D eigenvalue weighted by atomic mass is 10.0. The van der Waals surface area contributed by atoms with Crippen molar-refractivity contribution in [1.29, 1.82) is 0 Å². The van der Waals surface area contributed by atoms with E-state index in [9.17, 15) is 10.1 Å². The van der Waals surface area contributed by atoms with Crippen LogP contribution in [0.1, 0.15) is 32.8 Å². The summed E-state index contributed by atoms with van der Waals surface area (Å²) < 4.78 is 0. The Labute approximate surface area is 102 Å². The molecule has 0 aliphatic heterocycles. The summed E-state index contributed by atoms with van der Waals surface area (Å²) >= 11 is 0. The highest BCUT2D eigenvalue weighted by molar-refractivity contribution is 5.55. The fraction of sp³-hybridized carbons (Fsp3) is 0.538. The number of benzene rings is 1. The van der Waals surface area contributed by atoms with Crippen LogP contribution in [-0.2, 0) is 0 Å². The van der Waals surface area contributed by atoms with E-state index in [0.717, 1.165) is 12.1 Å². The number of rotatable bonds is 5. The standard InChI is InChI=1S/C13H20N2O2/c1-5-9(2)11(4)14-12-7-6-10(3)13(8-12)15(16)17/h6-9,11,14H,5H2,1-4H3. The van der Waals surface area contributed by atoms with E-state index in [1.807, 2.05) is 6.07 Å². The van der Waals surface area contributed by atoms with Gasteiger partial charge in [0.15, 0.2) is 0 Å². The number of nitro benzene ring substituents is 1. The van der Waals surface area contributed by atoms with Gasteiger partial charge in [-0.05, 0) is 25.8 Å². The summed E-state index contributed by atoms with van der Waals surface area (Å²) in [7, 11) is 0. The molecule has 0 saturated carbocycles. The summed E-state index contributed by atoms with van der Waals surface area (Å²) in [5.74, 6) is 0.537. The summed E-state index contributed by atoms with van der Waals surface area (Å²) in [5, 5.41) is 14.1. The fourth-order valence-electron chi connectivity index (χ4n) is 1.65. The van der Waals surface area contributed by atoms with Gasteiger partial charge in [-0.3, -0.25) is 10.1 Å². The van der Waals surface area contributed by atoms with Crippen molar-refractivity contribution >= 4 is 11.4 Å². The number of nitrogens with one attached hydrogen (secondary N) is 1. The molecule has 1 N–H and O–H groups in total. The molecule has 0 spiro atoms. The minimum absolute atomic E-state index is 0.173. The summed E-state index contributed by atoms with van der Waals surface area (Å²) in [5.41, 5.74) is 1.68. The Bertz CT molecular complexity index is 404. The average Bonchev–Trinajstić information content (AvgIpc) is 2.30. The number of nitro groups is 1. The van der Waals surface area contributed by atoms with Crippen LogP contribution in [-0.4, -0.2) is 11.0 Å². The van der Waals surface area contributed by atoms with E-state index >= 15 is 0 Å². The molecule has 94 valence electrons. The van der Waals surface area contributed by atoms with Crippen molar-refractivity contribution < 1.29 is 4.92 Å².